The Morgan fingerprint density at radius 1 is 1.28 bits per heavy atom. The number of aliphatic hydroxyl groups excluding tert-OH is 1. The van der Waals surface area contributed by atoms with Gasteiger partial charge in [0.1, 0.15) is 0 Å². The average molecular weight is 247 g/mol. The highest BCUT2D eigenvalue weighted by molar-refractivity contribution is 5.15. The van der Waals surface area contributed by atoms with E-state index in [0.717, 1.165) is 12.3 Å². The minimum Gasteiger partial charge on any atom is -0.395 e. The maximum absolute atomic E-state index is 9.48. The lowest BCUT2D eigenvalue weighted by molar-refractivity contribution is 0.210. The maximum atomic E-state index is 9.48. The molecule has 0 radical (unpaired) electrons. The van der Waals surface area contributed by atoms with Crippen LogP contribution >= 0.6 is 0 Å². The standard InChI is InChI=1S/C16H25NO/c1-13(10-14-8-5-9-14)17-16(12-18)11-15-6-3-2-4-7-15/h2-4,6-7,13-14,16-18H,5,8-12H2,1H3/t13?,16-/m1/s1. The fourth-order valence-corrected chi connectivity index (χ4v) is 2.77. The summed E-state index contributed by atoms with van der Waals surface area (Å²) in [6, 6.07) is 11.1. The van der Waals surface area contributed by atoms with E-state index in [9.17, 15) is 5.11 Å². The molecule has 2 nitrogen and oxygen atoms in total. The van der Waals surface area contributed by atoms with Gasteiger partial charge in [-0.15, -0.1) is 0 Å². The van der Waals surface area contributed by atoms with Crippen molar-refractivity contribution < 1.29 is 5.11 Å². The molecule has 1 unspecified atom stereocenters. The predicted octanol–water partition coefficient (Wildman–Crippen LogP) is 2.76. The van der Waals surface area contributed by atoms with Crippen LogP contribution in [0.1, 0.15) is 38.2 Å². The van der Waals surface area contributed by atoms with E-state index in [0.29, 0.717) is 6.04 Å². The van der Waals surface area contributed by atoms with Crippen LogP contribution in [0, 0.1) is 5.92 Å². The van der Waals surface area contributed by atoms with Crippen molar-refractivity contribution in [2.75, 3.05) is 6.61 Å². The summed E-state index contributed by atoms with van der Waals surface area (Å²) in [7, 11) is 0. The van der Waals surface area contributed by atoms with E-state index in [-0.39, 0.29) is 12.6 Å². The third-order valence-corrected chi connectivity index (χ3v) is 3.98. The molecule has 0 aliphatic heterocycles. The van der Waals surface area contributed by atoms with Crippen LogP contribution in [-0.2, 0) is 6.42 Å². The van der Waals surface area contributed by atoms with Gasteiger partial charge in [0.25, 0.3) is 0 Å². The zero-order chi connectivity index (χ0) is 12.8. The van der Waals surface area contributed by atoms with Gasteiger partial charge in [-0.05, 0) is 31.2 Å². The molecule has 2 atom stereocenters. The van der Waals surface area contributed by atoms with Crippen LogP contribution < -0.4 is 5.32 Å². The lowest BCUT2D eigenvalue weighted by Crippen LogP contribution is -2.41. The van der Waals surface area contributed by atoms with Crippen LogP contribution in [0.15, 0.2) is 30.3 Å². The van der Waals surface area contributed by atoms with Crippen LogP contribution in [0.4, 0.5) is 0 Å². The minimum absolute atomic E-state index is 0.183. The molecule has 0 aromatic heterocycles. The van der Waals surface area contributed by atoms with Gasteiger partial charge in [-0.3, -0.25) is 0 Å². The molecular weight excluding hydrogens is 222 g/mol. The summed E-state index contributed by atoms with van der Waals surface area (Å²) in [6.07, 6.45) is 6.37. The molecule has 0 heterocycles. The molecule has 0 spiro atoms. The summed E-state index contributed by atoms with van der Waals surface area (Å²) in [5, 5.41) is 13.0. The van der Waals surface area contributed by atoms with Gasteiger partial charge in [-0.1, -0.05) is 49.6 Å². The molecule has 2 heteroatoms. The van der Waals surface area contributed by atoms with Crippen LogP contribution in [0.5, 0.6) is 0 Å². The Morgan fingerprint density at radius 2 is 2.00 bits per heavy atom. The molecule has 1 aliphatic carbocycles. The monoisotopic (exact) mass is 247 g/mol. The lowest BCUT2D eigenvalue weighted by atomic mass is 9.81. The van der Waals surface area contributed by atoms with Gasteiger partial charge in [0.05, 0.1) is 6.61 Å². The third kappa shape index (κ3) is 4.11. The first-order valence-electron chi connectivity index (χ1n) is 7.18. The molecule has 2 N–H and O–H groups in total. The molecule has 18 heavy (non-hydrogen) atoms. The molecule has 1 aromatic carbocycles. The highest BCUT2D eigenvalue weighted by atomic mass is 16.3. The Labute approximate surface area is 110 Å². The van der Waals surface area contributed by atoms with E-state index in [4.69, 9.17) is 0 Å². The van der Waals surface area contributed by atoms with Crippen molar-refractivity contribution >= 4 is 0 Å². The van der Waals surface area contributed by atoms with E-state index >= 15 is 0 Å². The number of rotatable bonds is 7. The van der Waals surface area contributed by atoms with Crippen LogP contribution in [0.2, 0.25) is 0 Å². The zero-order valence-electron chi connectivity index (χ0n) is 11.3. The number of hydrogen-bond donors (Lipinski definition) is 2. The SMILES string of the molecule is CC(CC1CCC1)N[C@@H](CO)Cc1ccccc1. The predicted molar refractivity (Wildman–Crippen MR) is 75.6 cm³/mol. The fourth-order valence-electron chi connectivity index (χ4n) is 2.77. The number of nitrogens with one attached hydrogen (secondary N) is 1. The molecule has 1 aromatic rings. The number of aliphatic hydroxyl groups is 1. The second-order valence-electron chi connectivity index (χ2n) is 5.67. The van der Waals surface area contributed by atoms with Crippen molar-refractivity contribution in [2.24, 2.45) is 5.92 Å². The first-order chi connectivity index (χ1) is 8.78. The summed E-state index contributed by atoms with van der Waals surface area (Å²) in [5.41, 5.74) is 1.29. The summed E-state index contributed by atoms with van der Waals surface area (Å²) in [6.45, 7) is 2.45. The Balaban J connectivity index is 1.77. The second-order valence-corrected chi connectivity index (χ2v) is 5.67. The molecule has 100 valence electrons. The van der Waals surface area contributed by atoms with Crippen LogP contribution in [0.25, 0.3) is 0 Å². The summed E-state index contributed by atoms with van der Waals surface area (Å²) < 4.78 is 0. The van der Waals surface area contributed by atoms with Crippen molar-refractivity contribution in [3.05, 3.63) is 35.9 Å². The quantitative estimate of drug-likeness (QED) is 0.776. The van der Waals surface area contributed by atoms with Crippen LogP contribution in [0.3, 0.4) is 0 Å². The fraction of sp³-hybridized carbons (Fsp3) is 0.625. The first kappa shape index (κ1) is 13.6. The Hall–Kier alpha value is -0.860. The summed E-state index contributed by atoms with van der Waals surface area (Å²) in [4.78, 5) is 0. The molecule has 0 bridgehead atoms. The molecule has 0 saturated heterocycles. The van der Waals surface area contributed by atoms with Gasteiger partial charge < -0.3 is 10.4 Å². The highest BCUT2D eigenvalue weighted by Gasteiger charge is 2.21. The maximum Gasteiger partial charge on any atom is 0.0587 e. The summed E-state index contributed by atoms with van der Waals surface area (Å²) in [5.74, 6) is 0.920. The average Bonchev–Trinajstić information content (AvgIpc) is 2.34. The smallest absolute Gasteiger partial charge is 0.0587 e. The van der Waals surface area contributed by atoms with Crippen molar-refractivity contribution in [1.82, 2.24) is 5.32 Å². The molecule has 1 aliphatic rings. The summed E-state index contributed by atoms with van der Waals surface area (Å²) >= 11 is 0. The molecular formula is C16H25NO. The molecule has 0 amide bonds. The van der Waals surface area contributed by atoms with Gasteiger partial charge in [-0.25, -0.2) is 0 Å². The van der Waals surface area contributed by atoms with E-state index in [1.165, 1.54) is 31.2 Å². The Morgan fingerprint density at radius 3 is 2.56 bits per heavy atom. The molecule has 1 fully saturated rings. The molecule has 2 rings (SSSR count). The van der Waals surface area contributed by atoms with Gasteiger partial charge in [-0.2, -0.15) is 0 Å². The number of hydrogen-bond acceptors (Lipinski definition) is 2. The normalized spacial score (nSPS) is 19.2. The molecule has 1 saturated carbocycles. The van der Waals surface area contributed by atoms with Gasteiger partial charge >= 0.3 is 0 Å². The second kappa shape index (κ2) is 6.91. The van der Waals surface area contributed by atoms with Gasteiger partial charge in [0.15, 0.2) is 0 Å². The topological polar surface area (TPSA) is 32.3 Å². The first-order valence-corrected chi connectivity index (χ1v) is 7.18. The van der Waals surface area contributed by atoms with Crippen molar-refractivity contribution in [2.45, 2.75) is 51.1 Å². The zero-order valence-corrected chi connectivity index (χ0v) is 11.3. The van der Waals surface area contributed by atoms with Crippen LogP contribution in [-0.4, -0.2) is 23.8 Å². The van der Waals surface area contributed by atoms with E-state index < -0.39 is 0 Å². The largest absolute Gasteiger partial charge is 0.395 e. The van der Waals surface area contributed by atoms with E-state index in [1.54, 1.807) is 0 Å². The van der Waals surface area contributed by atoms with Gasteiger partial charge in [0, 0.05) is 12.1 Å². The Bertz CT molecular complexity index is 334. The van der Waals surface area contributed by atoms with E-state index in [2.05, 4.69) is 36.5 Å². The lowest BCUT2D eigenvalue weighted by Gasteiger charge is -2.30. The Kier molecular flexibility index (Phi) is 5.21. The van der Waals surface area contributed by atoms with E-state index in [1.807, 2.05) is 6.07 Å². The van der Waals surface area contributed by atoms with Gasteiger partial charge in [0.2, 0.25) is 0 Å². The third-order valence-electron chi connectivity index (χ3n) is 3.98. The highest BCUT2D eigenvalue weighted by Crippen LogP contribution is 2.30. The van der Waals surface area contributed by atoms with Crippen molar-refractivity contribution in [3.63, 3.8) is 0 Å². The number of benzene rings is 1. The van der Waals surface area contributed by atoms with Crippen molar-refractivity contribution in [3.8, 4) is 0 Å². The minimum atomic E-state index is 0.183. The van der Waals surface area contributed by atoms with Crippen molar-refractivity contribution in [1.29, 1.82) is 0 Å².